The first-order chi connectivity index (χ1) is 5.50. The van der Waals surface area contributed by atoms with Crippen molar-refractivity contribution in [2.75, 3.05) is 20.2 Å². The summed E-state index contributed by atoms with van der Waals surface area (Å²) >= 11 is 0. The Morgan fingerprint density at radius 1 is 1.50 bits per heavy atom. The van der Waals surface area contributed by atoms with Gasteiger partial charge in [0.1, 0.15) is 6.61 Å². The monoisotopic (exact) mass is 183 g/mol. The molecule has 0 aliphatic carbocycles. The van der Waals surface area contributed by atoms with E-state index in [1.54, 1.807) is 7.05 Å². The van der Waals surface area contributed by atoms with Crippen LogP contribution in [0.25, 0.3) is 0 Å². The summed E-state index contributed by atoms with van der Waals surface area (Å²) in [6, 6.07) is 0. The van der Waals surface area contributed by atoms with Gasteiger partial charge in [0, 0.05) is 6.54 Å². The van der Waals surface area contributed by atoms with Gasteiger partial charge in [0.25, 0.3) is 10.2 Å². The van der Waals surface area contributed by atoms with Crippen LogP contribution in [0.15, 0.2) is 0 Å². The lowest BCUT2D eigenvalue weighted by Gasteiger charge is -1.94. The molecule has 0 fully saturated rings. The zero-order valence-electron chi connectivity index (χ0n) is 6.30. The molecule has 0 aliphatic heterocycles. The van der Waals surface area contributed by atoms with Gasteiger partial charge in [-0.1, -0.05) is 0 Å². The van der Waals surface area contributed by atoms with E-state index in [-0.39, 0.29) is 6.61 Å². The summed E-state index contributed by atoms with van der Waals surface area (Å²) in [5.74, 6) is 0. The molecule has 0 saturated carbocycles. The molecule has 0 aromatic rings. The first-order valence-electron chi connectivity index (χ1n) is 2.76. The second kappa shape index (κ2) is 9.36. The minimum atomic E-state index is -1.50. The number of hydrogen-bond acceptors (Lipinski definition) is 6. The predicted molar refractivity (Wildman–Crippen MR) is 35.7 cm³/mol. The molecule has 72 valence electrons. The van der Waals surface area contributed by atoms with E-state index >= 15 is 0 Å². The minimum absolute atomic E-state index is 0.115. The van der Waals surface area contributed by atoms with Gasteiger partial charge < -0.3 is 15.4 Å². The Morgan fingerprint density at radius 3 is 2.17 bits per heavy atom. The molecule has 0 unspecified atom stereocenters. The summed E-state index contributed by atoms with van der Waals surface area (Å²) in [5.41, 5.74) is 0. The molecular formula is C3H9N3O6. The van der Waals surface area contributed by atoms with Gasteiger partial charge in [-0.25, -0.2) is 0 Å². The van der Waals surface area contributed by atoms with Gasteiger partial charge in [0.2, 0.25) is 0 Å². The molecule has 0 aromatic heterocycles. The molecule has 0 heterocycles. The second-order valence-corrected chi connectivity index (χ2v) is 1.40. The van der Waals surface area contributed by atoms with E-state index < -0.39 is 10.2 Å². The van der Waals surface area contributed by atoms with Crippen molar-refractivity contribution in [3.8, 4) is 0 Å². The third-order valence-corrected chi connectivity index (χ3v) is 0.549. The molecule has 9 nitrogen and oxygen atoms in total. The highest BCUT2D eigenvalue weighted by molar-refractivity contribution is 4.29. The molecule has 9 heteroatoms. The van der Waals surface area contributed by atoms with Gasteiger partial charge in [-0.15, -0.1) is 20.2 Å². The van der Waals surface area contributed by atoms with E-state index in [2.05, 4.69) is 10.2 Å². The van der Waals surface area contributed by atoms with Gasteiger partial charge in [0.15, 0.2) is 0 Å². The number of likely N-dealkylation sites (N-methyl/N-ethyl adjacent to an activating group) is 1. The fourth-order valence-corrected chi connectivity index (χ4v) is 0.222. The Balaban J connectivity index is 0. The van der Waals surface area contributed by atoms with Crippen molar-refractivity contribution in [1.82, 2.24) is 5.32 Å². The van der Waals surface area contributed by atoms with E-state index in [0.717, 1.165) is 0 Å². The highest BCUT2D eigenvalue weighted by Crippen LogP contribution is 1.69. The summed E-state index contributed by atoms with van der Waals surface area (Å²) in [6.45, 7) is 0.616. The van der Waals surface area contributed by atoms with E-state index in [0.29, 0.717) is 6.54 Å². The van der Waals surface area contributed by atoms with Gasteiger partial charge >= 0.3 is 0 Å². The van der Waals surface area contributed by atoms with Crippen molar-refractivity contribution in [3.63, 3.8) is 0 Å². The molecule has 0 aliphatic rings. The number of hydrogen-bond donors (Lipinski definition) is 2. The van der Waals surface area contributed by atoms with E-state index in [4.69, 9.17) is 15.3 Å². The predicted octanol–water partition coefficient (Wildman–Crippen LogP) is -0.934. The van der Waals surface area contributed by atoms with Crippen molar-refractivity contribution in [1.29, 1.82) is 0 Å². The highest BCUT2D eigenvalue weighted by Gasteiger charge is 1.89. The maximum Gasteiger partial charge on any atom is 0.294 e. The fraction of sp³-hybridized carbons (Fsp3) is 1.00. The Bertz CT molecular complexity index is 134. The zero-order chi connectivity index (χ0) is 9.98. The van der Waals surface area contributed by atoms with Crippen molar-refractivity contribution in [3.05, 3.63) is 20.2 Å². The Morgan fingerprint density at radius 2 is 1.92 bits per heavy atom. The quantitative estimate of drug-likeness (QED) is 0.327. The smallest absolute Gasteiger partial charge is 0.294 e. The van der Waals surface area contributed by atoms with Crippen LogP contribution < -0.4 is 5.32 Å². The normalized spacial score (nSPS) is 7.75. The van der Waals surface area contributed by atoms with Crippen LogP contribution in [0, 0.1) is 20.2 Å². The Labute approximate surface area is 67.1 Å². The lowest BCUT2D eigenvalue weighted by molar-refractivity contribution is -0.757. The van der Waals surface area contributed by atoms with Gasteiger partial charge in [-0.2, -0.15) is 0 Å². The van der Waals surface area contributed by atoms with Crippen molar-refractivity contribution < 1.29 is 20.2 Å². The third-order valence-electron chi connectivity index (χ3n) is 0.549. The Kier molecular flexibility index (Phi) is 10.1. The first-order valence-corrected chi connectivity index (χ1v) is 2.76. The molecule has 0 rings (SSSR count). The zero-order valence-corrected chi connectivity index (χ0v) is 6.30. The standard InChI is InChI=1S/C3H8N2O3.HNO3/c1-4-2-3-8-5(6)7;2-1(3)4/h4H,2-3H2,1H3;(H,2,3,4). The lowest BCUT2D eigenvalue weighted by Crippen LogP contribution is -2.16. The molecule has 0 aromatic carbocycles. The van der Waals surface area contributed by atoms with Crippen LogP contribution in [-0.4, -0.2) is 35.6 Å². The SMILES string of the molecule is CNCCO[N+](=O)[O-].O=[N+]([O-])O. The Hall–Kier alpha value is -1.64. The minimum Gasteiger partial charge on any atom is -0.328 e. The summed E-state index contributed by atoms with van der Waals surface area (Å²) in [4.78, 5) is 21.7. The summed E-state index contributed by atoms with van der Waals surface area (Å²) < 4.78 is 0. The van der Waals surface area contributed by atoms with Crippen molar-refractivity contribution >= 4 is 0 Å². The second-order valence-electron chi connectivity index (χ2n) is 1.40. The van der Waals surface area contributed by atoms with Crippen LogP contribution in [0.2, 0.25) is 0 Å². The van der Waals surface area contributed by atoms with Crippen LogP contribution in [0.5, 0.6) is 0 Å². The number of rotatable bonds is 4. The third kappa shape index (κ3) is 40.1. The molecular weight excluding hydrogens is 174 g/mol. The van der Waals surface area contributed by atoms with Crippen LogP contribution >= 0.6 is 0 Å². The maximum absolute atomic E-state index is 9.43. The number of nitrogens with one attached hydrogen (secondary N) is 1. The van der Waals surface area contributed by atoms with E-state index in [9.17, 15) is 10.1 Å². The average molecular weight is 183 g/mol. The lowest BCUT2D eigenvalue weighted by atomic mass is 10.7. The van der Waals surface area contributed by atoms with Crippen LogP contribution in [-0.2, 0) is 4.84 Å². The average Bonchev–Trinajstić information content (AvgIpc) is 1.86. The van der Waals surface area contributed by atoms with Gasteiger partial charge in [-0.3, -0.25) is 0 Å². The van der Waals surface area contributed by atoms with Gasteiger partial charge in [0.05, 0.1) is 0 Å². The molecule has 0 amide bonds. The molecule has 0 radical (unpaired) electrons. The molecule has 0 bridgehead atoms. The largest absolute Gasteiger partial charge is 0.328 e. The molecule has 12 heavy (non-hydrogen) atoms. The van der Waals surface area contributed by atoms with Crippen LogP contribution in [0.1, 0.15) is 0 Å². The van der Waals surface area contributed by atoms with Crippen LogP contribution in [0.4, 0.5) is 0 Å². The molecule has 0 atom stereocenters. The van der Waals surface area contributed by atoms with E-state index in [1.165, 1.54) is 0 Å². The fourth-order valence-electron chi connectivity index (χ4n) is 0.222. The first kappa shape index (κ1) is 13.0. The number of nitrogens with zero attached hydrogens (tertiary/aromatic N) is 2. The van der Waals surface area contributed by atoms with Crippen molar-refractivity contribution in [2.24, 2.45) is 0 Å². The molecule has 0 spiro atoms. The maximum atomic E-state index is 9.43. The summed E-state index contributed by atoms with van der Waals surface area (Å²) in [7, 11) is 1.70. The topological polar surface area (TPSA) is 128 Å². The summed E-state index contributed by atoms with van der Waals surface area (Å²) in [5, 5.41) is 25.0. The van der Waals surface area contributed by atoms with Gasteiger partial charge in [-0.05, 0) is 7.05 Å². The molecule has 2 N–H and O–H groups in total. The van der Waals surface area contributed by atoms with Crippen molar-refractivity contribution in [2.45, 2.75) is 0 Å². The highest BCUT2D eigenvalue weighted by atomic mass is 16.9. The van der Waals surface area contributed by atoms with E-state index in [1.807, 2.05) is 0 Å². The summed E-state index contributed by atoms with van der Waals surface area (Å²) in [6.07, 6.45) is 0. The molecule has 0 saturated heterocycles. The van der Waals surface area contributed by atoms with Crippen LogP contribution in [0.3, 0.4) is 0 Å².